The zero-order valence-corrected chi connectivity index (χ0v) is 8.31. The van der Waals surface area contributed by atoms with E-state index in [-0.39, 0.29) is 22.4 Å². The highest BCUT2D eigenvalue weighted by atomic mass is 16.3. The second-order valence-corrected chi connectivity index (χ2v) is 3.51. The van der Waals surface area contributed by atoms with Crippen molar-refractivity contribution in [2.45, 2.75) is 6.92 Å². The maximum atomic E-state index is 11.5. The van der Waals surface area contributed by atoms with E-state index in [9.17, 15) is 24.9 Å². The molecular formula is C11H8O5. The van der Waals surface area contributed by atoms with Gasteiger partial charge >= 0.3 is 0 Å². The zero-order valence-electron chi connectivity index (χ0n) is 8.31. The van der Waals surface area contributed by atoms with Crippen molar-refractivity contribution in [1.82, 2.24) is 0 Å². The van der Waals surface area contributed by atoms with E-state index in [0.717, 1.165) is 12.1 Å². The van der Waals surface area contributed by atoms with Crippen molar-refractivity contribution < 1.29 is 24.9 Å². The minimum absolute atomic E-state index is 0.0369. The molecule has 2 rings (SSSR count). The highest BCUT2D eigenvalue weighted by Gasteiger charge is 2.30. The fourth-order valence-electron chi connectivity index (χ4n) is 1.58. The Kier molecular flexibility index (Phi) is 1.98. The van der Waals surface area contributed by atoms with Crippen molar-refractivity contribution in [1.29, 1.82) is 0 Å². The van der Waals surface area contributed by atoms with Crippen molar-refractivity contribution in [2.24, 2.45) is 0 Å². The molecule has 0 saturated carbocycles. The molecule has 3 N–H and O–H groups in total. The fourth-order valence-corrected chi connectivity index (χ4v) is 1.58. The first-order valence-corrected chi connectivity index (χ1v) is 4.48. The largest absolute Gasteiger partial charge is 0.508 e. The summed E-state index contributed by atoms with van der Waals surface area (Å²) in [4.78, 5) is 22.7. The Hall–Kier alpha value is -2.30. The molecule has 0 amide bonds. The number of aliphatic hydroxyl groups excluding tert-OH is 1. The third-order valence-electron chi connectivity index (χ3n) is 2.52. The molecule has 0 heterocycles. The summed E-state index contributed by atoms with van der Waals surface area (Å²) < 4.78 is 0. The predicted octanol–water partition coefficient (Wildman–Crippen LogP) is 1.07. The number of fused-ring (bicyclic) bond motifs is 1. The number of rotatable bonds is 0. The SMILES string of the molecule is Cc1c(O)cc2c(c1O)C(=O)C(=O)C=C2O. The van der Waals surface area contributed by atoms with Crippen LogP contribution in [0.5, 0.6) is 11.5 Å². The Morgan fingerprint density at radius 2 is 1.75 bits per heavy atom. The molecule has 1 aromatic rings. The van der Waals surface area contributed by atoms with Gasteiger partial charge < -0.3 is 15.3 Å². The quantitative estimate of drug-likeness (QED) is 0.568. The highest BCUT2D eigenvalue weighted by molar-refractivity contribution is 6.51. The van der Waals surface area contributed by atoms with Crippen LogP contribution in [0.3, 0.4) is 0 Å². The van der Waals surface area contributed by atoms with Crippen molar-refractivity contribution in [2.75, 3.05) is 0 Å². The number of phenolic OH excluding ortho intramolecular Hbond substituents is 2. The molecule has 0 radical (unpaired) electrons. The minimum atomic E-state index is -0.898. The van der Waals surface area contributed by atoms with Crippen LogP contribution in [0.2, 0.25) is 0 Å². The van der Waals surface area contributed by atoms with Crippen molar-refractivity contribution in [3.8, 4) is 11.5 Å². The maximum Gasteiger partial charge on any atom is 0.237 e. The van der Waals surface area contributed by atoms with Crippen LogP contribution in [0.15, 0.2) is 12.1 Å². The Labute approximate surface area is 90.3 Å². The van der Waals surface area contributed by atoms with Crippen LogP contribution < -0.4 is 0 Å². The monoisotopic (exact) mass is 220 g/mol. The van der Waals surface area contributed by atoms with E-state index in [0.29, 0.717) is 0 Å². The molecular weight excluding hydrogens is 212 g/mol. The molecule has 0 unspecified atom stereocenters. The number of benzene rings is 1. The Morgan fingerprint density at radius 1 is 1.12 bits per heavy atom. The van der Waals surface area contributed by atoms with E-state index in [4.69, 9.17) is 0 Å². The van der Waals surface area contributed by atoms with Crippen molar-refractivity contribution >= 4 is 17.3 Å². The van der Waals surface area contributed by atoms with E-state index < -0.39 is 23.1 Å². The average molecular weight is 220 g/mol. The molecule has 1 aliphatic rings. The van der Waals surface area contributed by atoms with Gasteiger partial charge in [0.2, 0.25) is 11.6 Å². The Bertz CT molecular complexity index is 554. The smallest absolute Gasteiger partial charge is 0.237 e. The number of aromatic hydroxyl groups is 2. The fraction of sp³-hybridized carbons (Fsp3) is 0.0909. The van der Waals surface area contributed by atoms with Gasteiger partial charge in [0, 0.05) is 17.2 Å². The van der Waals surface area contributed by atoms with Gasteiger partial charge in [-0.05, 0) is 13.0 Å². The number of hydrogen-bond acceptors (Lipinski definition) is 5. The summed E-state index contributed by atoms with van der Waals surface area (Å²) in [5, 5.41) is 28.5. The molecule has 1 aromatic carbocycles. The lowest BCUT2D eigenvalue weighted by atomic mass is 9.91. The van der Waals surface area contributed by atoms with E-state index in [2.05, 4.69) is 0 Å². The third kappa shape index (κ3) is 1.18. The van der Waals surface area contributed by atoms with Gasteiger partial charge in [0.1, 0.15) is 17.3 Å². The number of ketones is 2. The molecule has 1 aliphatic carbocycles. The van der Waals surface area contributed by atoms with Gasteiger partial charge in [-0.3, -0.25) is 9.59 Å². The molecule has 5 nitrogen and oxygen atoms in total. The number of Topliss-reactive ketones (excluding diaryl/α,β-unsaturated/α-hetero) is 1. The molecule has 0 aliphatic heterocycles. The van der Waals surface area contributed by atoms with E-state index >= 15 is 0 Å². The van der Waals surface area contributed by atoms with Gasteiger partial charge in [0.05, 0.1) is 5.56 Å². The van der Waals surface area contributed by atoms with Crippen LogP contribution in [0, 0.1) is 6.92 Å². The summed E-state index contributed by atoms with van der Waals surface area (Å²) >= 11 is 0. The van der Waals surface area contributed by atoms with Crippen molar-refractivity contribution in [3.63, 3.8) is 0 Å². The van der Waals surface area contributed by atoms with Crippen molar-refractivity contribution in [3.05, 3.63) is 28.8 Å². The number of phenols is 2. The minimum Gasteiger partial charge on any atom is -0.508 e. The summed E-state index contributed by atoms with van der Waals surface area (Å²) in [6.07, 6.45) is 0.763. The average Bonchev–Trinajstić information content (AvgIpc) is 2.22. The summed E-state index contributed by atoms with van der Waals surface area (Å²) in [5.41, 5.74) is -0.208. The van der Waals surface area contributed by atoms with Gasteiger partial charge in [-0.1, -0.05) is 0 Å². The first kappa shape index (κ1) is 10.2. The van der Waals surface area contributed by atoms with Crippen LogP contribution in [0.1, 0.15) is 21.5 Å². The topological polar surface area (TPSA) is 94.8 Å². The molecule has 5 heteroatoms. The molecule has 82 valence electrons. The second-order valence-electron chi connectivity index (χ2n) is 3.51. The van der Waals surface area contributed by atoms with Crippen LogP contribution in [-0.4, -0.2) is 26.9 Å². The molecule has 0 saturated heterocycles. The summed E-state index contributed by atoms with van der Waals surface area (Å²) in [5.74, 6) is -2.96. The molecule has 0 bridgehead atoms. The first-order valence-electron chi connectivity index (χ1n) is 4.48. The first-order chi connectivity index (χ1) is 7.43. The summed E-state index contributed by atoms with van der Waals surface area (Å²) in [6.45, 7) is 1.40. The lowest BCUT2D eigenvalue weighted by Crippen LogP contribution is -2.19. The standard InChI is InChI=1S/C11H8O5/c1-4-6(12)2-5-7(13)3-8(14)11(16)9(5)10(4)15/h2-3,12-13,15H,1H3. The number of carbonyl (C=O) groups excluding carboxylic acids is 2. The number of hydrogen-bond donors (Lipinski definition) is 3. The number of allylic oxidation sites excluding steroid dienone is 1. The molecule has 0 spiro atoms. The maximum absolute atomic E-state index is 11.5. The predicted molar refractivity (Wildman–Crippen MR) is 54.5 cm³/mol. The lowest BCUT2D eigenvalue weighted by Gasteiger charge is -2.15. The third-order valence-corrected chi connectivity index (χ3v) is 2.52. The second kappa shape index (κ2) is 3.10. The lowest BCUT2D eigenvalue weighted by molar-refractivity contribution is -0.111. The summed E-state index contributed by atoms with van der Waals surface area (Å²) in [6, 6.07) is 1.14. The molecule has 0 atom stereocenters. The van der Waals surface area contributed by atoms with E-state index in [1.807, 2.05) is 0 Å². The number of aliphatic hydroxyl groups is 1. The van der Waals surface area contributed by atoms with Crippen LogP contribution in [0.25, 0.3) is 5.76 Å². The van der Waals surface area contributed by atoms with E-state index in [1.165, 1.54) is 6.92 Å². The van der Waals surface area contributed by atoms with Crippen LogP contribution in [0.4, 0.5) is 0 Å². The van der Waals surface area contributed by atoms with E-state index in [1.54, 1.807) is 0 Å². The zero-order chi connectivity index (χ0) is 12.0. The molecule has 16 heavy (non-hydrogen) atoms. The Balaban J connectivity index is 2.86. The van der Waals surface area contributed by atoms with Gasteiger partial charge in [-0.2, -0.15) is 0 Å². The highest BCUT2D eigenvalue weighted by Crippen LogP contribution is 2.37. The molecule has 0 aromatic heterocycles. The number of carbonyl (C=O) groups is 2. The van der Waals surface area contributed by atoms with Gasteiger partial charge in [-0.25, -0.2) is 0 Å². The van der Waals surface area contributed by atoms with Crippen LogP contribution in [-0.2, 0) is 4.79 Å². The van der Waals surface area contributed by atoms with Crippen LogP contribution >= 0.6 is 0 Å². The normalized spacial score (nSPS) is 14.7. The van der Waals surface area contributed by atoms with Gasteiger partial charge in [0.15, 0.2) is 0 Å². The van der Waals surface area contributed by atoms with Gasteiger partial charge in [0.25, 0.3) is 0 Å². The summed E-state index contributed by atoms with van der Waals surface area (Å²) in [7, 11) is 0. The Morgan fingerprint density at radius 3 is 2.38 bits per heavy atom. The molecule has 0 fully saturated rings. The van der Waals surface area contributed by atoms with Gasteiger partial charge in [-0.15, -0.1) is 0 Å².